The van der Waals surface area contributed by atoms with Gasteiger partial charge in [-0.1, -0.05) is 47.1 Å². The number of carbonyl (C=O) groups is 1. The van der Waals surface area contributed by atoms with E-state index in [0.717, 1.165) is 17.3 Å². The first-order valence-electron chi connectivity index (χ1n) is 5.90. The van der Waals surface area contributed by atoms with E-state index in [9.17, 15) is 4.79 Å². The van der Waals surface area contributed by atoms with Crippen molar-refractivity contribution in [1.29, 1.82) is 0 Å². The van der Waals surface area contributed by atoms with Crippen LogP contribution in [0.15, 0.2) is 35.5 Å². The smallest absolute Gasteiger partial charge is 0.313 e. The van der Waals surface area contributed by atoms with Crippen molar-refractivity contribution in [3.05, 3.63) is 46.1 Å². The van der Waals surface area contributed by atoms with Crippen LogP contribution in [0.2, 0.25) is 10.2 Å². The Morgan fingerprint density at radius 2 is 1.95 bits per heavy atom. The Bertz CT molecular complexity index is 638. The summed E-state index contributed by atoms with van der Waals surface area (Å²) >= 11 is 12.7. The van der Waals surface area contributed by atoms with Gasteiger partial charge in [-0.2, -0.15) is 0 Å². The average Bonchev–Trinajstić information content (AvgIpc) is 2.44. The molecule has 2 aromatic rings. The van der Waals surface area contributed by atoms with Crippen LogP contribution >= 0.6 is 35.0 Å². The normalized spacial score (nSPS) is 10.4. The van der Waals surface area contributed by atoms with Crippen molar-refractivity contribution < 1.29 is 9.90 Å². The van der Waals surface area contributed by atoms with Crippen molar-refractivity contribution in [2.24, 2.45) is 0 Å². The lowest BCUT2D eigenvalue weighted by molar-refractivity contribution is -0.133. The van der Waals surface area contributed by atoms with Gasteiger partial charge in [0.1, 0.15) is 11.0 Å². The summed E-state index contributed by atoms with van der Waals surface area (Å²) in [5.74, 6) is -0.506. The summed E-state index contributed by atoms with van der Waals surface area (Å²) in [6, 6.07) is 9.00. The maximum atomic E-state index is 10.5. The number of hydrogen-bond donors (Lipinski definition) is 2. The first-order valence-corrected chi connectivity index (χ1v) is 7.64. The van der Waals surface area contributed by atoms with Crippen LogP contribution in [0.4, 0.5) is 5.82 Å². The molecule has 8 heteroatoms. The minimum Gasteiger partial charge on any atom is -0.481 e. The van der Waals surface area contributed by atoms with Crippen LogP contribution in [-0.4, -0.2) is 26.8 Å². The third-order valence-electron chi connectivity index (χ3n) is 2.39. The predicted octanol–water partition coefficient (Wildman–Crippen LogP) is 3.57. The number of rotatable bonds is 6. The number of nitrogens with one attached hydrogen (secondary N) is 1. The summed E-state index contributed by atoms with van der Waals surface area (Å²) in [5, 5.41) is 13.0. The first kappa shape index (κ1) is 15.9. The molecule has 5 nitrogen and oxygen atoms in total. The highest BCUT2D eigenvalue weighted by Gasteiger charge is 2.06. The lowest BCUT2D eigenvalue weighted by Gasteiger charge is -2.07. The quantitative estimate of drug-likeness (QED) is 0.474. The molecule has 0 bridgehead atoms. The number of benzene rings is 1. The fourth-order valence-electron chi connectivity index (χ4n) is 1.47. The number of aliphatic carboxylic acids is 1. The molecule has 1 aromatic heterocycles. The summed E-state index contributed by atoms with van der Waals surface area (Å²) < 4.78 is 0. The topological polar surface area (TPSA) is 75.1 Å². The van der Waals surface area contributed by atoms with Crippen LogP contribution < -0.4 is 5.32 Å². The highest BCUT2D eigenvalue weighted by molar-refractivity contribution is 7.99. The molecule has 0 fully saturated rings. The molecule has 0 aliphatic heterocycles. The van der Waals surface area contributed by atoms with Crippen molar-refractivity contribution in [1.82, 2.24) is 9.97 Å². The number of aromatic nitrogens is 2. The van der Waals surface area contributed by atoms with Gasteiger partial charge in [-0.25, -0.2) is 9.97 Å². The lowest BCUT2D eigenvalue weighted by Crippen LogP contribution is -2.04. The molecular weight excluding hydrogens is 333 g/mol. The lowest BCUT2D eigenvalue weighted by atomic mass is 10.2. The van der Waals surface area contributed by atoms with E-state index < -0.39 is 5.97 Å². The second-order valence-electron chi connectivity index (χ2n) is 4.02. The molecule has 0 atom stereocenters. The van der Waals surface area contributed by atoms with Gasteiger partial charge < -0.3 is 10.4 Å². The third kappa shape index (κ3) is 5.41. The molecule has 0 radical (unpaired) electrons. The first-order chi connectivity index (χ1) is 10.0. The molecule has 0 aliphatic rings. The van der Waals surface area contributed by atoms with Gasteiger partial charge in [0.15, 0.2) is 5.16 Å². The summed E-state index contributed by atoms with van der Waals surface area (Å²) in [5.41, 5.74) is 1.04. The van der Waals surface area contributed by atoms with Gasteiger partial charge in [-0.05, 0) is 17.7 Å². The fourth-order valence-corrected chi connectivity index (χ4v) is 2.41. The van der Waals surface area contributed by atoms with Crippen LogP contribution in [0, 0.1) is 0 Å². The van der Waals surface area contributed by atoms with Crippen LogP contribution in [0.25, 0.3) is 0 Å². The largest absolute Gasteiger partial charge is 0.481 e. The number of halogens is 2. The predicted molar refractivity (Wildman–Crippen MR) is 84.2 cm³/mol. The summed E-state index contributed by atoms with van der Waals surface area (Å²) in [4.78, 5) is 18.7. The Hall–Kier alpha value is -1.50. The summed E-state index contributed by atoms with van der Waals surface area (Å²) in [6.07, 6.45) is 0. The molecule has 21 heavy (non-hydrogen) atoms. The number of hydrogen-bond acceptors (Lipinski definition) is 5. The maximum Gasteiger partial charge on any atom is 0.313 e. The second kappa shape index (κ2) is 7.49. The van der Waals surface area contributed by atoms with Gasteiger partial charge in [-0.15, -0.1) is 0 Å². The van der Waals surface area contributed by atoms with Crippen molar-refractivity contribution in [2.45, 2.75) is 11.7 Å². The molecule has 0 unspecified atom stereocenters. The van der Waals surface area contributed by atoms with E-state index in [4.69, 9.17) is 28.3 Å². The second-order valence-corrected chi connectivity index (χ2v) is 5.79. The Labute approximate surface area is 135 Å². The zero-order chi connectivity index (χ0) is 15.2. The number of nitrogens with zero attached hydrogens (tertiary/aromatic N) is 2. The minimum atomic E-state index is -0.931. The molecular formula is C13H11Cl2N3O2S. The highest BCUT2D eigenvalue weighted by Crippen LogP contribution is 2.20. The number of anilines is 1. The monoisotopic (exact) mass is 343 g/mol. The molecule has 0 saturated carbocycles. The van der Waals surface area contributed by atoms with Crippen molar-refractivity contribution in [2.75, 3.05) is 11.1 Å². The molecule has 0 aliphatic carbocycles. The Morgan fingerprint density at radius 3 is 2.62 bits per heavy atom. The zero-order valence-electron chi connectivity index (χ0n) is 10.7. The Balaban J connectivity index is 2.02. The van der Waals surface area contributed by atoms with E-state index in [1.807, 2.05) is 12.1 Å². The minimum absolute atomic E-state index is 0.114. The van der Waals surface area contributed by atoms with Gasteiger partial charge in [0.2, 0.25) is 0 Å². The zero-order valence-corrected chi connectivity index (χ0v) is 13.0. The standard InChI is InChI=1S/C13H11Cl2N3O2S/c14-9-3-1-8(2-4-9)6-16-11-5-10(15)17-13(18-11)21-7-12(19)20/h1-5H,6-7H2,(H,19,20)(H,16,17,18). The van der Waals surface area contributed by atoms with Gasteiger partial charge in [0, 0.05) is 17.6 Å². The van der Waals surface area contributed by atoms with Gasteiger partial charge >= 0.3 is 5.97 Å². The number of carboxylic acids is 1. The van der Waals surface area contributed by atoms with Crippen LogP contribution in [0.1, 0.15) is 5.56 Å². The van der Waals surface area contributed by atoms with Crippen molar-refractivity contribution in [3.63, 3.8) is 0 Å². The van der Waals surface area contributed by atoms with Gasteiger partial charge in [-0.3, -0.25) is 4.79 Å². The number of carboxylic acid groups (broad SMARTS) is 1. The molecule has 1 aromatic carbocycles. The Kier molecular flexibility index (Phi) is 5.67. The molecule has 0 saturated heterocycles. The van der Waals surface area contributed by atoms with Gasteiger partial charge in [0.25, 0.3) is 0 Å². The average molecular weight is 344 g/mol. The van der Waals surface area contributed by atoms with E-state index in [1.54, 1.807) is 18.2 Å². The summed E-state index contributed by atoms with van der Waals surface area (Å²) in [6.45, 7) is 0.549. The molecule has 2 rings (SSSR count). The van der Waals surface area contributed by atoms with E-state index in [1.165, 1.54) is 0 Å². The van der Waals surface area contributed by atoms with Crippen molar-refractivity contribution >= 4 is 46.8 Å². The molecule has 110 valence electrons. The molecule has 1 heterocycles. The van der Waals surface area contributed by atoms with Crippen LogP contribution in [0.3, 0.4) is 0 Å². The van der Waals surface area contributed by atoms with E-state index in [0.29, 0.717) is 22.5 Å². The van der Waals surface area contributed by atoms with E-state index >= 15 is 0 Å². The summed E-state index contributed by atoms with van der Waals surface area (Å²) in [7, 11) is 0. The van der Waals surface area contributed by atoms with E-state index in [-0.39, 0.29) is 10.9 Å². The van der Waals surface area contributed by atoms with Crippen LogP contribution in [-0.2, 0) is 11.3 Å². The Morgan fingerprint density at radius 1 is 1.24 bits per heavy atom. The molecule has 0 spiro atoms. The fraction of sp³-hybridized carbons (Fsp3) is 0.154. The number of thioether (sulfide) groups is 1. The van der Waals surface area contributed by atoms with Crippen LogP contribution in [0.5, 0.6) is 0 Å². The van der Waals surface area contributed by atoms with Gasteiger partial charge in [0.05, 0.1) is 5.75 Å². The SMILES string of the molecule is O=C(O)CSc1nc(Cl)cc(NCc2ccc(Cl)cc2)n1. The molecule has 2 N–H and O–H groups in total. The maximum absolute atomic E-state index is 10.5. The highest BCUT2D eigenvalue weighted by atomic mass is 35.5. The molecule has 0 amide bonds. The third-order valence-corrected chi connectivity index (χ3v) is 3.66. The van der Waals surface area contributed by atoms with Crippen molar-refractivity contribution in [3.8, 4) is 0 Å². The van der Waals surface area contributed by atoms with E-state index in [2.05, 4.69) is 15.3 Å².